The second-order valence-corrected chi connectivity index (χ2v) is 10.5. The van der Waals surface area contributed by atoms with E-state index in [1.807, 2.05) is 51.1 Å². The molecule has 204 valence electrons. The van der Waals surface area contributed by atoms with Gasteiger partial charge in [-0.1, -0.05) is 49.2 Å². The van der Waals surface area contributed by atoms with Crippen LogP contribution in [0.2, 0.25) is 5.02 Å². The molecule has 0 aliphatic carbocycles. The summed E-state index contributed by atoms with van der Waals surface area (Å²) < 4.78 is 16.7. The number of carbonyl (C=O) groups is 2. The van der Waals surface area contributed by atoms with Gasteiger partial charge in [0.05, 0.1) is 31.0 Å². The number of rotatable bonds is 2. The maximum absolute atomic E-state index is 13.1. The molecular weight excluding hydrogens is 496 g/mol. The number of nitrogens with one attached hydrogen (secondary N) is 1. The first-order valence-electron chi connectivity index (χ1n) is 12.7. The fourth-order valence-electron chi connectivity index (χ4n) is 5.00. The van der Waals surface area contributed by atoms with Crippen molar-refractivity contribution in [2.24, 2.45) is 11.8 Å². The predicted molar refractivity (Wildman–Crippen MR) is 144 cm³/mol. The van der Waals surface area contributed by atoms with Crippen molar-refractivity contribution in [1.82, 2.24) is 5.32 Å². The van der Waals surface area contributed by atoms with Crippen LogP contribution in [0.4, 0.5) is 10.5 Å². The average Bonchev–Trinajstić information content (AvgIpc) is 2.88. The summed E-state index contributed by atoms with van der Waals surface area (Å²) in [5.74, 6) is -0.124. The van der Waals surface area contributed by atoms with Crippen molar-refractivity contribution in [1.29, 1.82) is 0 Å². The molecule has 37 heavy (non-hydrogen) atoms. The fraction of sp³-hybridized carbons (Fsp3) is 0.571. The molecule has 0 aromatic heterocycles. The number of ether oxygens (including phenoxy) is 3. The molecule has 3 rings (SSSR count). The molecule has 0 radical (unpaired) electrons. The lowest BCUT2D eigenvalue weighted by Crippen LogP contribution is -2.54. The lowest BCUT2D eigenvalue weighted by molar-refractivity contribution is -0.118. The molecule has 6 atom stereocenters. The largest absolute Gasteiger partial charge is 0.495 e. The summed E-state index contributed by atoms with van der Waals surface area (Å²) in [4.78, 5) is 27.0. The van der Waals surface area contributed by atoms with E-state index in [9.17, 15) is 14.7 Å². The van der Waals surface area contributed by atoms with Crippen LogP contribution in [-0.4, -0.2) is 62.7 Å². The number of halogens is 1. The predicted octanol–water partition coefficient (Wildman–Crippen LogP) is 4.67. The van der Waals surface area contributed by atoms with Crippen LogP contribution in [0.1, 0.15) is 45.6 Å². The van der Waals surface area contributed by atoms with E-state index in [0.717, 1.165) is 11.1 Å². The lowest BCUT2D eigenvalue weighted by Gasteiger charge is -2.38. The summed E-state index contributed by atoms with van der Waals surface area (Å²) in [7, 11) is 4.86. The molecule has 1 saturated heterocycles. The van der Waals surface area contributed by atoms with Crippen LogP contribution < -0.4 is 15.0 Å². The zero-order valence-electron chi connectivity index (χ0n) is 22.5. The number of fused-ring (bicyclic) bond motifs is 4. The Balaban J connectivity index is 1.99. The SMILES string of the molecule is COc1cc2cc(c1Cl)N(C)C(=O)CC[C@@H](C)[C@@H](O)[C@H](C)[C@@H]1CC(NC(=O)O1)[C@H](OC)/C=C/C=C(\C)C2. The summed E-state index contributed by atoms with van der Waals surface area (Å²) in [6.45, 7) is 5.79. The van der Waals surface area contributed by atoms with Crippen LogP contribution in [-0.2, 0) is 20.7 Å². The maximum atomic E-state index is 13.1. The molecular formula is C28H39ClN2O6. The Morgan fingerprint density at radius 1 is 1.22 bits per heavy atom. The van der Waals surface area contributed by atoms with Gasteiger partial charge in [-0.05, 0) is 43.4 Å². The van der Waals surface area contributed by atoms with Crippen molar-refractivity contribution in [2.45, 2.75) is 70.8 Å². The molecule has 2 aliphatic rings. The Labute approximate surface area is 224 Å². The Hall–Kier alpha value is -2.55. The van der Waals surface area contributed by atoms with Crippen molar-refractivity contribution >= 4 is 29.3 Å². The van der Waals surface area contributed by atoms with Crippen molar-refractivity contribution in [2.75, 3.05) is 26.2 Å². The number of hydrogen-bond donors (Lipinski definition) is 2. The Morgan fingerprint density at radius 3 is 2.62 bits per heavy atom. The topological polar surface area (TPSA) is 97.3 Å². The third-order valence-corrected chi connectivity index (χ3v) is 7.82. The summed E-state index contributed by atoms with van der Waals surface area (Å²) in [6.07, 6.45) is 5.51. The standard InChI is InChI=1S/C28H39ClN2O6/c1-16-8-7-9-22(35-5)20-15-23(37-28(34)30-20)18(3)27(33)17(2)10-11-25(32)31(4)21-13-19(12-16)14-24(36-6)26(21)29/h7-9,13-14,17-18,20,22-23,27,33H,10-12,15H2,1-6H3,(H,30,34)/b9-7+,16-8+/t17-,18-,20?,22-,23+,27-/m1/s1. The van der Waals surface area contributed by atoms with E-state index in [1.165, 1.54) is 0 Å². The number of alkyl carbamates (subject to hydrolysis) is 1. The average molecular weight is 535 g/mol. The number of allylic oxidation sites excluding steroid dienone is 3. The van der Waals surface area contributed by atoms with E-state index >= 15 is 0 Å². The molecule has 1 fully saturated rings. The van der Waals surface area contributed by atoms with Crippen molar-refractivity contribution < 1.29 is 28.9 Å². The zero-order chi connectivity index (χ0) is 27.3. The molecule has 2 heterocycles. The van der Waals surface area contributed by atoms with E-state index in [0.29, 0.717) is 35.7 Å². The van der Waals surface area contributed by atoms with E-state index < -0.39 is 18.3 Å². The molecule has 1 aromatic carbocycles. The van der Waals surface area contributed by atoms with Crippen LogP contribution in [0.5, 0.6) is 5.75 Å². The monoisotopic (exact) mass is 534 g/mol. The van der Waals surface area contributed by atoms with Gasteiger partial charge >= 0.3 is 6.09 Å². The molecule has 9 heteroatoms. The van der Waals surface area contributed by atoms with Gasteiger partial charge in [0.15, 0.2) is 0 Å². The van der Waals surface area contributed by atoms with Gasteiger partial charge in [0, 0.05) is 32.9 Å². The molecule has 2 amide bonds. The molecule has 4 bridgehead atoms. The minimum absolute atomic E-state index is 0.114. The van der Waals surface area contributed by atoms with Crippen LogP contribution in [0.3, 0.4) is 0 Å². The summed E-state index contributed by atoms with van der Waals surface area (Å²) in [5, 5.41) is 14.3. The Bertz CT molecular complexity index is 1040. The van der Waals surface area contributed by atoms with E-state index in [1.54, 1.807) is 26.2 Å². The van der Waals surface area contributed by atoms with Gasteiger partial charge in [-0.25, -0.2) is 4.79 Å². The molecule has 1 unspecified atom stereocenters. The molecule has 8 nitrogen and oxygen atoms in total. The lowest BCUT2D eigenvalue weighted by atomic mass is 9.83. The smallest absolute Gasteiger partial charge is 0.407 e. The first-order chi connectivity index (χ1) is 17.5. The van der Waals surface area contributed by atoms with Crippen molar-refractivity contribution in [3.63, 3.8) is 0 Å². The Kier molecular flexibility index (Phi) is 10.0. The number of aliphatic hydroxyl groups excluding tert-OH is 1. The highest BCUT2D eigenvalue weighted by Gasteiger charge is 2.38. The quantitative estimate of drug-likeness (QED) is 0.572. The van der Waals surface area contributed by atoms with E-state index in [4.69, 9.17) is 25.8 Å². The van der Waals surface area contributed by atoms with Gasteiger partial charge in [0.25, 0.3) is 0 Å². The van der Waals surface area contributed by atoms with Crippen molar-refractivity contribution in [3.05, 3.63) is 46.5 Å². The highest BCUT2D eigenvalue weighted by atomic mass is 35.5. The summed E-state index contributed by atoms with van der Waals surface area (Å²) in [6, 6.07) is 3.49. The highest BCUT2D eigenvalue weighted by Crippen LogP contribution is 2.37. The number of anilines is 1. The molecule has 2 aliphatic heterocycles. The van der Waals surface area contributed by atoms with Gasteiger partial charge in [-0.3, -0.25) is 4.79 Å². The van der Waals surface area contributed by atoms with E-state index in [-0.39, 0.29) is 36.3 Å². The first kappa shape index (κ1) is 29.0. The number of carbonyl (C=O) groups excluding carboxylic acids is 2. The van der Waals surface area contributed by atoms with Gasteiger partial charge in [-0.2, -0.15) is 0 Å². The second kappa shape index (κ2) is 12.8. The maximum Gasteiger partial charge on any atom is 0.407 e. The number of nitrogens with zero attached hydrogens (tertiary/aromatic N) is 1. The molecule has 2 N–H and O–H groups in total. The summed E-state index contributed by atoms with van der Waals surface area (Å²) in [5.41, 5.74) is 2.61. The van der Waals surface area contributed by atoms with Crippen molar-refractivity contribution in [3.8, 4) is 5.75 Å². The number of aliphatic hydroxyl groups is 1. The van der Waals surface area contributed by atoms with Gasteiger partial charge in [0.1, 0.15) is 16.9 Å². The molecule has 0 spiro atoms. The summed E-state index contributed by atoms with van der Waals surface area (Å²) >= 11 is 6.59. The second-order valence-electron chi connectivity index (χ2n) is 10.2. The van der Waals surface area contributed by atoms with Gasteiger partial charge in [0.2, 0.25) is 5.91 Å². The number of hydrogen-bond acceptors (Lipinski definition) is 6. The van der Waals surface area contributed by atoms with E-state index in [2.05, 4.69) is 5.32 Å². The number of benzene rings is 1. The van der Waals surface area contributed by atoms with Crippen LogP contribution in [0, 0.1) is 11.8 Å². The molecule has 1 aromatic rings. The first-order valence-corrected chi connectivity index (χ1v) is 13.1. The zero-order valence-corrected chi connectivity index (χ0v) is 23.2. The fourth-order valence-corrected chi connectivity index (χ4v) is 5.31. The highest BCUT2D eigenvalue weighted by molar-refractivity contribution is 6.35. The van der Waals surface area contributed by atoms with Crippen LogP contribution >= 0.6 is 11.6 Å². The third-order valence-electron chi connectivity index (χ3n) is 7.44. The number of amides is 2. The van der Waals surface area contributed by atoms with Gasteiger partial charge < -0.3 is 29.5 Å². The Morgan fingerprint density at radius 2 is 1.95 bits per heavy atom. The van der Waals surface area contributed by atoms with Crippen LogP contribution in [0.15, 0.2) is 35.9 Å². The van der Waals surface area contributed by atoms with Gasteiger partial charge in [-0.15, -0.1) is 0 Å². The normalized spacial score (nSPS) is 32.1. The minimum Gasteiger partial charge on any atom is -0.495 e. The molecule has 0 saturated carbocycles. The van der Waals surface area contributed by atoms with Crippen LogP contribution in [0.25, 0.3) is 0 Å². The third kappa shape index (κ3) is 7.06. The minimum atomic E-state index is -0.758. The number of methoxy groups -OCH3 is 2.